The van der Waals surface area contributed by atoms with Gasteiger partial charge in [0.1, 0.15) is 0 Å². The van der Waals surface area contributed by atoms with E-state index in [0.717, 1.165) is 17.9 Å². The molecular formula is C21H25N5. The van der Waals surface area contributed by atoms with E-state index in [1.54, 1.807) is 0 Å². The molecule has 0 bridgehead atoms. The standard InChI is InChI=1S/C21H25N5/c1-14-10-11-18(15(2)12-14)26-20(22-23-24-26)19-17-9-7-6-8-16(17)13-21(3,4)25(19)5/h6-12,19H,13H2,1-5H3/t19-/m1/s1. The molecule has 0 fully saturated rings. The average Bonchev–Trinajstić information content (AvgIpc) is 3.04. The molecule has 4 rings (SSSR count). The molecule has 134 valence electrons. The van der Waals surface area contributed by atoms with Gasteiger partial charge in [0.2, 0.25) is 0 Å². The number of hydrogen-bond donors (Lipinski definition) is 0. The third-order valence-electron chi connectivity index (χ3n) is 5.63. The van der Waals surface area contributed by atoms with Crippen LogP contribution < -0.4 is 0 Å². The van der Waals surface area contributed by atoms with Crippen LogP contribution in [0, 0.1) is 13.8 Å². The molecule has 0 radical (unpaired) electrons. The minimum absolute atomic E-state index is 0.0191. The third kappa shape index (κ3) is 2.63. The van der Waals surface area contributed by atoms with E-state index < -0.39 is 0 Å². The molecule has 26 heavy (non-hydrogen) atoms. The first kappa shape index (κ1) is 16.9. The lowest BCUT2D eigenvalue weighted by atomic mass is 9.81. The molecule has 0 unspecified atom stereocenters. The van der Waals surface area contributed by atoms with Gasteiger partial charge in [-0.1, -0.05) is 42.0 Å². The Kier molecular flexibility index (Phi) is 3.92. The molecule has 1 aliphatic heterocycles. The molecule has 0 spiro atoms. The van der Waals surface area contributed by atoms with Crippen molar-refractivity contribution in [3.8, 4) is 5.69 Å². The molecule has 3 aromatic rings. The lowest BCUT2D eigenvalue weighted by Gasteiger charge is -2.45. The molecule has 1 atom stereocenters. The van der Waals surface area contributed by atoms with Crippen molar-refractivity contribution < 1.29 is 0 Å². The van der Waals surface area contributed by atoms with Crippen LogP contribution in [0.4, 0.5) is 0 Å². The number of aromatic nitrogens is 4. The van der Waals surface area contributed by atoms with Crippen LogP contribution in [-0.4, -0.2) is 37.7 Å². The second kappa shape index (κ2) is 6.02. The number of likely N-dealkylation sites (N-methyl/N-ethyl adjacent to an activating group) is 1. The summed E-state index contributed by atoms with van der Waals surface area (Å²) in [4.78, 5) is 2.39. The van der Waals surface area contributed by atoms with E-state index in [-0.39, 0.29) is 11.6 Å². The Hall–Kier alpha value is -2.53. The molecule has 5 heteroatoms. The van der Waals surface area contributed by atoms with Crippen LogP contribution in [0.5, 0.6) is 0 Å². The van der Waals surface area contributed by atoms with Gasteiger partial charge in [-0.2, -0.15) is 4.68 Å². The van der Waals surface area contributed by atoms with Gasteiger partial charge in [-0.05, 0) is 74.3 Å². The summed E-state index contributed by atoms with van der Waals surface area (Å²) in [5.41, 5.74) is 6.13. The zero-order valence-corrected chi connectivity index (χ0v) is 16.1. The first-order valence-electron chi connectivity index (χ1n) is 9.05. The SMILES string of the molecule is Cc1ccc(-n2nnnc2[C@H]2c3ccccc3CC(C)(C)N2C)c(C)c1. The molecule has 0 amide bonds. The second-order valence-corrected chi connectivity index (χ2v) is 7.94. The number of rotatable bonds is 2. The molecular weight excluding hydrogens is 322 g/mol. The Morgan fingerprint density at radius 1 is 1.08 bits per heavy atom. The zero-order chi connectivity index (χ0) is 18.5. The van der Waals surface area contributed by atoms with Gasteiger partial charge in [0.15, 0.2) is 5.82 Å². The summed E-state index contributed by atoms with van der Waals surface area (Å²) in [7, 11) is 2.17. The molecule has 0 saturated carbocycles. The highest BCUT2D eigenvalue weighted by Gasteiger charge is 2.40. The van der Waals surface area contributed by atoms with E-state index in [2.05, 4.69) is 97.6 Å². The van der Waals surface area contributed by atoms with Crippen molar-refractivity contribution in [3.63, 3.8) is 0 Å². The van der Waals surface area contributed by atoms with Crippen molar-refractivity contribution in [2.45, 2.75) is 45.7 Å². The van der Waals surface area contributed by atoms with E-state index in [9.17, 15) is 0 Å². The summed E-state index contributed by atoms with van der Waals surface area (Å²) in [5.74, 6) is 0.861. The van der Waals surface area contributed by atoms with Gasteiger partial charge in [0.25, 0.3) is 0 Å². The summed E-state index contributed by atoms with van der Waals surface area (Å²) in [6, 6.07) is 15.0. The van der Waals surface area contributed by atoms with Gasteiger partial charge in [-0.3, -0.25) is 4.90 Å². The predicted molar refractivity (Wildman–Crippen MR) is 102 cm³/mol. The van der Waals surface area contributed by atoms with Crippen molar-refractivity contribution in [2.75, 3.05) is 7.05 Å². The van der Waals surface area contributed by atoms with Crippen LogP contribution >= 0.6 is 0 Å². The molecule has 2 aromatic carbocycles. The first-order valence-corrected chi connectivity index (χ1v) is 9.05. The average molecular weight is 347 g/mol. The van der Waals surface area contributed by atoms with E-state index in [1.807, 2.05) is 4.68 Å². The predicted octanol–water partition coefficient (Wildman–Crippen LogP) is 3.64. The van der Waals surface area contributed by atoms with Gasteiger partial charge in [-0.25, -0.2) is 0 Å². The van der Waals surface area contributed by atoms with Gasteiger partial charge in [0, 0.05) is 5.54 Å². The minimum atomic E-state index is 0.0191. The number of hydrogen-bond acceptors (Lipinski definition) is 4. The highest BCUT2D eigenvalue weighted by Crippen LogP contribution is 2.40. The maximum Gasteiger partial charge on any atom is 0.178 e. The molecule has 1 aromatic heterocycles. The summed E-state index contributed by atoms with van der Waals surface area (Å²) in [6.07, 6.45) is 1.02. The fourth-order valence-corrected chi connectivity index (χ4v) is 4.00. The lowest BCUT2D eigenvalue weighted by Crippen LogP contribution is -2.49. The number of tetrazole rings is 1. The van der Waals surface area contributed by atoms with Crippen molar-refractivity contribution in [3.05, 3.63) is 70.5 Å². The van der Waals surface area contributed by atoms with Crippen LogP contribution in [0.15, 0.2) is 42.5 Å². The van der Waals surface area contributed by atoms with Crippen LogP contribution in [0.25, 0.3) is 5.69 Å². The summed E-state index contributed by atoms with van der Waals surface area (Å²) >= 11 is 0. The normalized spacial score (nSPS) is 19.3. The summed E-state index contributed by atoms with van der Waals surface area (Å²) in [5, 5.41) is 12.8. The van der Waals surface area contributed by atoms with Crippen molar-refractivity contribution in [1.82, 2.24) is 25.1 Å². The monoisotopic (exact) mass is 347 g/mol. The third-order valence-corrected chi connectivity index (χ3v) is 5.63. The lowest BCUT2D eigenvalue weighted by molar-refractivity contribution is 0.0993. The van der Waals surface area contributed by atoms with Crippen molar-refractivity contribution in [1.29, 1.82) is 0 Å². The van der Waals surface area contributed by atoms with Crippen LogP contribution in [-0.2, 0) is 6.42 Å². The van der Waals surface area contributed by atoms with E-state index >= 15 is 0 Å². The highest BCUT2D eigenvalue weighted by molar-refractivity contribution is 5.44. The maximum absolute atomic E-state index is 4.45. The molecule has 0 N–H and O–H groups in total. The Labute approximate surface area is 154 Å². The van der Waals surface area contributed by atoms with Crippen LogP contribution in [0.3, 0.4) is 0 Å². The zero-order valence-electron chi connectivity index (χ0n) is 16.1. The fourth-order valence-electron chi connectivity index (χ4n) is 4.00. The van der Waals surface area contributed by atoms with Gasteiger partial charge < -0.3 is 0 Å². The second-order valence-electron chi connectivity index (χ2n) is 7.94. The molecule has 1 aliphatic rings. The van der Waals surface area contributed by atoms with Crippen LogP contribution in [0.2, 0.25) is 0 Å². The quantitative estimate of drug-likeness (QED) is 0.710. The largest absolute Gasteiger partial charge is 0.287 e. The molecule has 0 aliphatic carbocycles. The Morgan fingerprint density at radius 2 is 1.85 bits per heavy atom. The molecule has 2 heterocycles. The van der Waals surface area contributed by atoms with Gasteiger partial charge in [0.05, 0.1) is 11.7 Å². The first-order chi connectivity index (χ1) is 12.4. The Balaban J connectivity index is 1.90. The van der Waals surface area contributed by atoms with Crippen LogP contribution in [0.1, 0.15) is 48.0 Å². The maximum atomic E-state index is 4.45. The number of nitrogens with zero attached hydrogens (tertiary/aromatic N) is 5. The molecule has 5 nitrogen and oxygen atoms in total. The van der Waals surface area contributed by atoms with E-state index in [0.29, 0.717) is 0 Å². The van der Waals surface area contributed by atoms with E-state index in [4.69, 9.17) is 0 Å². The van der Waals surface area contributed by atoms with Crippen molar-refractivity contribution in [2.24, 2.45) is 0 Å². The van der Waals surface area contributed by atoms with Gasteiger partial charge in [-0.15, -0.1) is 5.10 Å². The Morgan fingerprint density at radius 3 is 2.62 bits per heavy atom. The molecule has 0 saturated heterocycles. The van der Waals surface area contributed by atoms with E-state index in [1.165, 1.54) is 22.3 Å². The number of fused-ring (bicyclic) bond motifs is 1. The highest BCUT2D eigenvalue weighted by atomic mass is 15.6. The van der Waals surface area contributed by atoms with Gasteiger partial charge >= 0.3 is 0 Å². The number of benzene rings is 2. The Bertz CT molecular complexity index is 957. The smallest absolute Gasteiger partial charge is 0.178 e. The summed E-state index contributed by atoms with van der Waals surface area (Å²) in [6.45, 7) is 8.77. The minimum Gasteiger partial charge on any atom is -0.287 e. The van der Waals surface area contributed by atoms with Crippen molar-refractivity contribution >= 4 is 0 Å². The topological polar surface area (TPSA) is 46.8 Å². The fraction of sp³-hybridized carbons (Fsp3) is 0.381. The summed E-state index contributed by atoms with van der Waals surface area (Å²) < 4.78 is 1.90. The number of aryl methyl sites for hydroxylation is 2.